The zero-order chi connectivity index (χ0) is 20.0. The van der Waals surface area contributed by atoms with E-state index in [2.05, 4.69) is 79.9 Å². The fourth-order valence-corrected chi connectivity index (χ4v) is 6.18. The van der Waals surface area contributed by atoms with Crippen LogP contribution in [0.3, 0.4) is 0 Å². The lowest BCUT2D eigenvalue weighted by molar-refractivity contribution is 0.0554. The molecular weight excluding hydrogens is 316 g/mol. The van der Waals surface area contributed by atoms with E-state index in [0.29, 0.717) is 11.8 Å². The standard InChI is InChI=1S/C24H48N2/c1-17(2)23(9)15-19(13-21(5,6)25-23)11-12-20-14-22(7,8)26-24(10,16-20)18(3)4/h17-20,25-26H,11-16H2,1-10H3. The van der Waals surface area contributed by atoms with Gasteiger partial charge in [0.25, 0.3) is 0 Å². The largest absolute Gasteiger partial charge is 0.306 e. The number of piperidine rings is 2. The second-order valence-electron chi connectivity index (χ2n) is 12.3. The molecule has 154 valence electrons. The molecule has 0 amide bonds. The van der Waals surface area contributed by atoms with Crippen LogP contribution in [0.15, 0.2) is 0 Å². The number of hydrogen-bond acceptors (Lipinski definition) is 2. The van der Waals surface area contributed by atoms with Crippen LogP contribution in [0.4, 0.5) is 0 Å². The van der Waals surface area contributed by atoms with Gasteiger partial charge in [-0.2, -0.15) is 0 Å². The highest BCUT2D eigenvalue weighted by atomic mass is 15.1. The van der Waals surface area contributed by atoms with Crippen molar-refractivity contribution in [2.45, 2.75) is 130 Å². The molecule has 2 heterocycles. The minimum atomic E-state index is 0.266. The van der Waals surface area contributed by atoms with Crippen LogP contribution >= 0.6 is 0 Å². The van der Waals surface area contributed by atoms with Gasteiger partial charge in [-0.15, -0.1) is 0 Å². The third kappa shape index (κ3) is 5.25. The van der Waals surface area contributed by atoms with Crippen molar-refractivity contribution >= 4 is 0 Å². The first-order valence-corrected chi connectivity index (χ1v) is 11.3. The summed E-state index contributed by atoms with van der Waals surface area (Å²) in [7, 11) is 0. The summed E-state index contributed by atoms with van der Waals surface area (Å²) in [6.45, 7) is 24.1. The Balaban J connectivity index is 2.03. The van der Waals surface area contributed by atoms with E-state index < -0.39 is 0 Å². The molecule has 4 unspecified atom stereocenters. The van der Waals surface area contributed by atoms with Crippen LogP contribution in [0.1, 0.15) is 108 Å². The van der Waals surface area contributed by atoms with Crippen LogP contribution in [0, 0.1) is 23.7 Å². The minimum Gasteiger partial charge on any atom is -0.306 e. The Morgan fingerprint density at radius 2 is 0.923 bits per heavy atom. The van der Waals surface area contributed by atoms with E-state index in [1.807, 2.05) is 0 Å². The Kier molecular flexibility index (Phi) is 6.31. The summed E-state index contributed by atoms with van der Waals surface area (Å²) in [5.74, 6) is 3.10. The van der Waals surface area contributed by atoms with Crippen molar-refractivity contribution in [1.82, 2.24) is 10.6 Å². The molecule has 2 fully saturated rings. The zero-order valence-electron chi connectivity index (χ0n) is 19.6. The molecule has 2 nitrogen and oxygen atoms in total. The fourth-order valence-electron chi connectivity index (χ4n) is 6.18. The van der Waals surface area contributed by atoms with Crippen molar-refractivity contribution in [3.63, 3.8) is 0 Å². The summed E-state index contributed by atoms with van der Waals surface area (Å²) in [4.78, 5) is 0. The highest BCUT2D eigenvalue weighted by Crippen LogP contribution is 2.43. The molecule has 2 N–H and O–H groups in total. The molecule has 26 heavy (non-hydrogen) atoms. The van der Waals surface area contributed by atoms with Crippen molar-refractivity contribution in [2.24, 2.45) is 23.7 Å². The van der Waals surface area contributed by atoms with E-state index in [1.165, 1.54) is 38.5 Å². The molecule has 2 rings (SSSR count). The van der Waals surface area contributed by atoms with Gasteiger partial charge in [-0.3, -0.25) is 0 Å². The average Bonchev–Trinajstić information content (AvgIpc) is 2.40. The summed E-state index contributed by atoms with van der Waals surface area (Å²) in [5.41, 5.74) is 1.10. The molecule has 0 aromatic heterocycles. The van der Waals surface area contributed by atoms with Crippen molar-refractivity contribution in [2.75, 3.05) is 0 Å². The molecule has 2 heteroatoms. The average molecular weight is 365 g/mol. The summed E-state index contributed by atoms with van der Waals surface area (Å²) in [5, 5.41) is 7.94. The van der Waals surface area contributed by atoms with Crippen LogP contribution in [-0.4, -0.2) is 22.2 Å². The first-order valence-electron chi connectivity index (χ1n) is 11.3. The maximum absolute atomic E-state index is 3.97. The molecule has 0 aromatic carbocycles. The molecule has 0 aliphatic carbocycles. The van der Waals surface area contributed by atoms with Gasteiger partial charge < -0.3 is 10.6 Å². The van der Waals surface area contributed by atoms with Crippen molar-refractivity contribution in [3.05, 3.63) is 0 Å². The lowest BCUT2D eigenvalue weighted by atomic mass is 9.66. The van der Waals surface area contributed by atoms with Gasteiger partial charge in [0.15, 0.2) is 0 Å². The van der Waals surface area contributed by atoms with Crippen LogP contribution < -0.4 is 10.6 Å². The van der Waals surface area contributed by atoms with Crippen molar-refractivity contribution < 1.29 is 0 Å². The van der Waals surface area contributed by atoms with E-state index in [9.17, 15) is 0 Å². The van der Waals surface area contributed by atoms with E-state index in [1.54, 1.807) is 0 Å². The fraction of sp³-hybridized carbons (Fsp3) is 1.00. The van der Waals surface area contributed by atoms with Gasteiger partial charge >= 0.3 is 0 Å². The van der Waals surface area contributed by atoms with Gasteiger partial charge in [-0.05, 0) is 90.9 Å². The summed E-state index contributed by atoms with van der Waals surface area (Å²) in [6.07, 6.45) is 8.13. The third-order valence-corrected chi connectivity index (χ3v) is 7.80. The van der Waals surface area contributed by atoms with Gasteiger partial charge in [0.2, 0.25) is 0 Å². The lowest BCUT2D eigenvalue weighted by Gasteiger charge is -2.52. The highest BCUT2D eigenvalue weighted by Gasteiger charge is 2.44. The Morgan fingerprint density at radius 3 is 1.19 bits per heavy atom. The topological polar surface area (TPSA) is 24.1 Å². The van der Waals surface area contributed by atoms with E-state index >= 15 is 0 Å². The minimum absolute atomic E-state index is 0.266. The summed E-state index contributed by atoms with van der Waals surface area (Å²) in [6, 6.07) is 0. The molecule has 0 radical (unpaired) electrons. The molecule has 2 aliphatic heterocycles. The first-order chi connectivity index (χ1) is 11.7. The van der Waals surface area contributed by atoms with Gasteiger partial charge in [0, 0.05) is 22.2 Å². The molecule has 0 spiro atoms. The number of rotatable bonds is 5. The van der Waals surface area contributed by atoms with Gasteiger partial charge in [-0.1, -0.05) is 40.5 Å². The second-order valence-corrected chi connectivity index (χ2v) is 12.3. The van der Waals surface area contributed by atoms with Gasteiger partial charge in [0.05, 0.1) is 0 Å². The van der Waals surface area contributed by atoms with Crippen LogP contribution in [-0.2, 0) is 0 Å². The number of nitrogens with one attached hydrogen (secondary N) is 2. The SMILES string of the molecule is CC(C)C1(C)CC(CCC2CC(C)(C)NC(C)(C(C)C)C2)CC(C)(C)N1. The lowest BCUT2D eigenvalue weighted by Crippen LogP contribution is -2.62. The number of hydrogen-bond donors (Lipinski definition) is 2. The first kappa shape index (κ1) is 22.2. The van der Waals surface area contributed by atoms with E-state index in [-0.39, 0.29) is 22.2 Å². The molecule has 0 saturated carbocycles. The molecule has 2 aliphatic rings. The second kappa shape index (κ2) is 7.39. The summed E-state index contributed by atoms with van der Waals surface area (Å²) < 4.78 is 0. The quantitative estimate of drug-likeness (QED) is 0.611. The van der Waals surface area contributed by atoms with Gasteiger partial charge in [-0.25, -0.2) is 0 Å². The maximum Gasteiger partial charge on any atom is 0.0183 e. The Morgan fingerprint density at radius 1 is 0.615 bits per heavy atom. The third-order valence-electron chi connectivity index (χ3n) is 7.80. The molecular formula is C24H48N2. The Labute approximate surface area is 164 Å². The van der Waals surface area contributed by atoms with Gasteiger partial charge in [0.1, 0.15) is 0 Å². The van der Waals surface area contributed by atoms with Crippen molar-refractivity contribution in [1.29, 1.82) is 0 Å². The maximum atomic E-state index is 3.97. The predicted molar refractivity (Wildman–Crippen MR) is 116 cm³/mol. The summed E-state index contributed by atoms with van der Waals surface area (Å²) >= 11 is 0. The Bertz CT molecular complexity index is 435. The molecule has 0 bridgehead atoms. The zero-order valence-corrected chi connectivity index (χ0v) is 19.6. The predicted octanol–water partition coefficient (Wildman–Crippen LogP) is 6.15. The van der Waals surface area contributed by atoms with Crippen molar-refractivity contribution in [3.8, 4) is 0 Å². The van der Waals surface area contributed by atoms with E-state index in [4.69, 9.17) is 0 Å². The Hall–Kier alpha value is -0.0800. The van der Waals surface area contributed by atoms with Crippen LogP contribution in [0.2, 0.25) is 0 Å². The highest BCUT2D eigenvalue weighted by molar-refractivity contribution is 5.03. The van der Waals surface area contributed by atoms with Crippen LogP contribution in [0.5, 0.6) is 0 Å². The smallest absolute Gasteiger partial charge is 0.0183 e. The normalized spacial score (nSPS) is 40.2. The van der Waals surface area contributed by atoms with Crippen LogP contribution in [0.25, 0.3) is 0 Å². The molecule has 2 saturated heterocycles. The molecule has 4 atom stereocenters. The van der Waals surface area contributed by atoms with E-state index in [0.717, 1.165) is 11.8 Å². The molecule has 0 aromatic rings. The monoisotopic (exact) mass is 364 g/mol.